The van der Waals surface area contributed by atoms with Gasteiger partial charge >= 0.3 is 6.18 Å². The first-order valence-corrected chi connectivity index (χ1v) is 8.92. The van der Waals surface area contributed by atoms with Crippen molar-refractivity contribution < 1.29 is 13.2 Å². The molecule has 0 aromatic heterocycles. The zero-order valence-electron chi connectivity index (χ0n) is 14.7. The highest BCUT2D eigenvalue weighted by molar-refractivity contribution is 7.80. The van der Waals surface area contributed by atoms with Crippen LogP contribution in [0.5, 0.6) is 0 Å². The molecule has 7 heteroatoms. The van der Waals surface area contributed by atoms with Crippen LogP contribution in [0.25, 0.3) is 0 Å². The monoisotopic (exact) mass is 400 g/mol. The molecule has 2 aromatic carbocycles. The minimum atomic E-state index is -4.52. The van der Waals surface area contributed by atoms with Gasteiger partial charge < -0.3 is 10.6 Å². The van der Waals surface area contributed by atoms with E-state index in [0.29, 0.717) is 0 Å². The number of benzene rings is 2. The Kier molecular flexibility index (Phi) is 6.53. The van der Waals surface area contributed by atoms with Crippen LogP contribution in [0.2, 0.25) is 5.02 Å². The molecule has 0 amide bonds. The van der Waals surface area contributed by atoms with Crippen molar-refractivity contribution in [3.05, 3.63) is 63.7 Å². The lowest BCUT2D eigenvalue weighted by molar-refractivity contribution is -0.137. The first-order chi connectivity index (χ1) is 12.1. The molecule has 2 nitrogen and oxygen atoms in total. The standard InChI is InChI=1S/C19H20ClF3N2S/c1-4-17(14-7-5-11(2)9-12(14)3)25-18(26)24-13-6-8-16(20)15(10-13)19(21,22)23/h5-10,17H,4H2,1-3H3,(H2,24,25,26)/t17-/m0/s1. The molecule has 0 heterocycles. The third-order valence-electron chi connectivity index (χ3n) is 4.04. The molecule has 26 heavy (non-hydrogen) atoms. The number of halogens is 4. The van der Waals surface area contributed by atoms with Crippen molar-refractivity contribution in [2.24, 2.45) is 0 Å². The summed E-state index contributed by atoms with van der Waals surface area (Å²) >= 11 is 10.9. The Balaban J connectivity index is 2.14. The van der Waals surface area contributed by atoms with Crippen LogP contribution in [0.4, 0.5) is 18.9 Å². The zero-order chi connectivity index (χ0) is 19.5. The Morgan fingerprint density at radius 1 is 1.15 bits per heavy atom. The topological polar surface area (TPSA) is 24.1 Å². The van der Waals surface area contributed by atoms with Crippen LogP contribution >= 0.6 is 23.8 Å². The molecule has 0 radical (unpaired) electrons. The van der Waals surface area contributed by atoms with Crippen molar-refractivity contribution in [2.75, 3.05) is 5.32 Å². The van der Waals surface area contributed by atoms with Gasteiger partial charge in [-0.05, 0) is 61.8 Å². The molecule has 0 fully saturated rings. The molecule has 0 bridgehead atoms. The number of alkyl halides is 3. The summed E-state index contributed by atoms with van der Waals surface area (Å²) in [6.07, 6.45) is -3.74. The summed E-state index contributed by atoms with van der Waals surface area (Å²) in [5.74, 6) is 0. The molecule has 2 rings (SSSR count). The van der Waals surface area contributed by atoms with Crippen LogP contribution < -0.4 is 10.6 Å². The minimum Gasteiger partial charge on any atom is -0.356 e. The van der Waals surface area contributed by atoms with Gasteiger partial charge in [0.25, 0.3) is 0 Å². The average Bonchev–Trinajstić information content (AvgIpc) is 2.54. The largest absolute Gasteiger partial charge is 0.417 e. The van der Waals surface area contributed by atoms with Crippen molar-refractivity contribution in [1.29, 1.82) is 0 Å². The van der Waals surface area contributed by atoms with Gasteiger partial charge in [0.15, 0.2) is 5.11 Å². The number of rotatable bonds is 4. The maximum absolute atomic E-state index is 13.0. The highest BCUT2D eigenvalue weighted by Gasteiger charge is 2.33. The molecule has 0 aliphatic heterocycles. The zero-order valence-corrected chi connectivity index (χ0v) is 16.2. The third kappa shape index (κ3) is 5.11. The fourth-order valence-corrected chi connectivity index (χ4v) is 3.25. The molecule has 0 spiro atoms. The fraction of sp³-hybridized carbons (Fsp3) is 0.316. The van der Waals surface area contributed by atoms with Crippen molar-refractivity contribution in [3.8, 4) is 0 Å². The summed E-state index contributed by atoms with van der Waals surface area (Å²) in [5, 5.41) is 5.89. The van der Waals surface area contributed by atoms with E-state index in [2.05, 4.69) is 16.7 Å². The Morgan fingerprint density at radius 2 is 1.85 bits per heavy atom. The van der Waals surface area contributed by atoms with Gasteiger partial charge in [0.2, 0.25) is 0 Å². The second-order valence-electron chi connectivity index (χ2n) is 6.11. The van der Waals surface area contributed by atoms with Gasteiger partial charge in [-0.25, -0.2) is 0 Å². The maximum atomic E-state index is 13.0. The first kappa shape index (κ1) is 20.5. The highest BCUT2D eigenvalue weighted by atomic mass is 35.5. The molecule has 0 aliphatic carbocycles. The van der Waals surface area contributed by atoms with Gasteiger partial charge in [0.05, 0.1) is 16.6 Å². The van der Waals surface area contributed by atoms with Crippen molar-refractivity contribution >= 4 is 34.6 Å². The van der Waals surface area contributed by atoms with Crippen LogP contribution in [-0.2, 0) is 6.18 Å². The Bertz CT molecular complexity index is 806. The Labute approximate surface area is 161 Å². The number of hydrogen-bond donors (Lipinski definition) is 2. The lowest BCUT2D eigenvalue weighted by Crippen LogP contribution is -2.32. The smallest absolute Gasteiger partial charge is 0.356 e. The van der Waals surface area contributed by atoms with E-state index in [0.717, 1.165) is 23.6 Å². The normalized spacial score (nSPS) is 12.6. The Morgan fingerprint density at radius 3 is 2.42 bits per heavy atom. The second kappa shape index (κ2) is 8.27. The minimum absolute atomic E-state index is 0.0370. The molecule has 2 aromatic rings. The molecular weight excluding hydrogens is 381 g/mol. The van der Waals surface area contributed by atoms with E-state index in [9.17, 15) is 13.2 Å². The van der Waals surface area contributed by atoms with Crippen LogP contribution in [0.15, 0.2) is 36.4 Å². The molecule has 0 aliphatic rings. The predicted octanol–water partition coefficient (Wildman–Crippen LogP) is 6.41. The maximum Gasteiger partial charge on any atom is 0.417 e. The van der Waals surface area contributed by atoms with Crippen LogP contribution in [-0.4, -0.2) is 5.11 Å². The van der Waals surface area contributed by atoms with Crippen LogP contribution in [0, 0.1) is 13.8 Å². The summed E-state index contributed by atoms with van der Waals surface area (Å²) < 4.78 is 38.9. The summed E-state index contributed by atoms with van der Waals surface area (Å²) in [6.45, 7) is 6.07. The van der Waals surface area contributed by atoms with Crippen molar-refractivity contribution in [3.63, 3.8) is 0 Å². The van der Waals surface area contributed by atoms with Gasteiger partial charge in [-0.3, -0.25) is 0 Å². The molecular formula is C19H20ClF3N2S. The summed E-state index contributed by atoms with van der Waals surface area (Å²) in [5.41, 5.74) is 2.75. The summed E-state index contributed by atoms with van der Waals surface area (Å²) in [4.78, 5) is 0. The van der Waals surface area contributed by atoms with Crippen LogP contribution in [0.1, 0.15) is 41.6 Å². The van der Waals surface area contributed by atoms with E-state index in [1.165, 1.54) is 17.7 Å². The second-order valence-corrected chi connectivity index (χ2v) is 6.93. The SMILES string of the molecule is CC[C@H](NC(=S)Nc1ccc(Cl)c(C(F)(F)F)c1)c1ccc(C)cc1C. The van der Waals surface area contributed by atoms with Crippen LogP contribution in [0.3, 0.4) is 0 Å². The van der Waals surface area contributed by atoms with Gasteiger partial charge in [-0.2, -0.15) is 13.2 Å². The van der Waals surface area contributed by atoms with E-state index in [1.807, 2.05) is 32.9 Å². The molecule has 140 valence electrons. The first-order valence-electron chi connectivity index (χ1n) is 8.13. The Hall–Kier alpha value is -1.79. The lowest BCUT2D eigenvalue weighted by Gasteiger charge is -2.22. The number of nitrogens with one attached hydrogen (secondary N) is 2. The predicted molar refractivity (Wildman–Crippen MR) is 105 cm³/mol. The number of thiocarbonyl (C=S) groups is 1. The van der Waals surface area contributed by atoms with Crippen molar-refractivity contribution in [1.82, 2.24) is 5.32 Å². The van der Waals surface area contributed by atoms with Gasteiger partial charge in [-0.1, -0.05) is 42.3 Å². The number of hydrogen-bond acceptors (Lipinski definition) is 1. The number of aryl methyl sites for hydroxylation is 2. The van der Waals surface area contributed by atoms with Crippen molar-refractivity contribution in [2.45, 2.75) is 39.4 Å². The lowest BCUT2D eigenvalue weighted by atomic mass is 9.98. The average molecular weight is 401 g/mol. The van der Waals surface area contributed by atoms with E-state index < -0.39 is 11.7 Å². The number of anilines is 1. The highest BCUT2D eigenvalue weighted by Crippen LogP contribution is 2.36. The van der Waals surface area contributed by atoms with E-state index >= 15 is 0 Å². The molecule has 0 unspecified atom stereocenters. The molecule has 1 atom stereocenters. The molecule has 2 N–H and O–H groups in total. The fourth-order valence-electron chi connectivity index (χ4n) is 2.76. The molecule has 0 saturated heterocycles. The van der Waals surface area contributed by atoms with Gasteiger partial charge in [-0.15, -0.1) is 0 Å². The third-order valence-corrected chi connectivity index (χ3v) is 4.59. The summed E-state index contributed by atoms with van der Waals surface area (Å²) in [7, 11) is 0. The van der Waals surface area contributed by atoms with Gasteiger partial charge in [0, 0.05) is 5.69 Å². The van der Waals surface area contributed by atoms with E-state index in [1.54, 1.807) is 0 Å². The van der Waals surface area contributed by atoms with Gasteiger partial charge in [0.1, 0.15) is 0 Å². The summed E-state index contributed by atoms with van der Waals surface area (Å²) in [6, 6.07) is 9.74. The van der Waals surface area contributed by atoms with E-state index in [-0.39, 0.29) is 21.9 Å². The molecule has 0 saturated carbocycles. The quantitative estimate of drug-likeness (QED) is 0.579. The van der Waals surface area contributed by atoms with E-state index in [4.69, 9.17) is 23.8 Å².